The molecule has 0 fully saturated rings. The van der Waals surface area contributed by atoms with Crippen molar-refractivity contribution in [3.63, 3.8) is 0 Å². The van der Waals surface area contributed by atoms with Crippen molar-refractivity contribution >= 4 is 45.0 Å². The summed E-state index contributed by atoms with van der Waals surface area (Å²) in [6.45, 7) is 0. The number of anilines is 2. The summed E-state index contributed by atoms with van der Waals surface area (Å²) in [4.78, 5) is 12.4. The van der Waals surface area contributed by atoms with Crippen LogP contribution in [0.1, 0.15) is 0 Å². The van der Waals surface area contributed by atoms with Crippen molar-refractivity contribution in [2.75, 3.05) is 16.8 Å². The lowest BCUT2D eigenvalue weighted by atomic mass is 10.2. The second-order valence-electron chi connectivity index (χ2n) is 6.56. The number of benzene rings is 3. The van der Waals surface area contributed by atoms with E-state index in [0.29, 0.717) is 21.1 Å². The molecule has 4 rings (SSSR count). The summed E-state index contributed by atoms with van der Waals surface area (Å²) in [5.74, 6) is -0.177. The Bertz CT molecular complexity index is 1210. The smallest absolute Gasteiger partial charge is 0.234 e. The van der Waals surface area contributed by atoms with Gasteiger partial charge in [0, 0.05) is 21.4 Å². The van der Waals surface area contributed by atoms with Crippen LogP contribution in [0.25, 0.3) is 17.1 Å². The molecule has 0 aliphatic carbocycles. The Labute approximate surface area is 190 Å². The van der Waals surface area contributed by atoms with E-state index in [9.17, 15) is 9.18 Å². The molecule has 1 amide bonds. The van der Waals surface area contributed by atoms with E-state index in [4.69, 9.17) is 5.73 Å². The fourth-order valence-electron chi connectivity index (χ4n) is 2.90. The minimum absolute atomic E-state index is 0.0439. The minimum atomic E-state index is -0.509. The first-order valence-electron chi connectivity index (χ1n) is 9.26. The van der Waals surface area contributed by atoms with Gasteiger partial charge in [-0.2, -0.15) is 0 Å². The number of nitrogens with zero attached hydrogens (tertiary/aromatic N) is 3. The van der Waals surface area contributed by atoms with Gasteiger partial charge in [0.2, 0.25) is 5.91 Å². The molecule has 0 saturated heterocycles. The van der Waals surface area contributed by atoms with Gasteiger partial charge in [-0.3, -0.25) is 9.36 Å². The molecule has 3 N–H and O–H groups in total. The molecule has 0 bridgehead atoms. The van der Waals surface area contributed by atoms with Crippen molar-refractivity contribution in [3.05, 3.63) is 83.1 Å². The van der Waals surface area contributed by atoms with Crippen LogP contribution in [-0.4, -0.2) is 26.4 Å². The van der Waals surface area contributed by atoms with Gasteiger partial charge in [0.05, 0.1) is 11.4 Å². The summed E-state index contributed by atoms with van der Waals surface area (Å²) in [5.41, 5.74) is 8.29. The third-order valence-corrected chi connectivity index (χ3v) is 5.78. The molecule has 156 valence electrons. The van der Waals surface area contributed by atoms with Gasteiger partial charge in [0.25, 0.3) is 0 Å². The second kappa shape index (κ2) is 9.32. The number of carbonyl (C=O) groups is 1. The number of thioether (sulfide) groups is 1. The van der Waals surface area contributed by atoms with Crippen LogP contribution in [0.2, 0.25) is 0 Å². The summed E-state index contributed by atoms with van der Waals surface area (Å²) >= 11 is 4.42. The predicted molar refractivity (Wildman–Crippen MR) is 125 cm³/mol. The van der Waals surface area contributed by atoms with Crippen molar-refractivity contribution in [3.8, 4) is 17.1 Å². The van der Waals surface area contributed by atoms with Crippen molar-refractivity contribution in [2.45, 2.75) is 5.16 Å². The zero-order chi connectivity index (χ0) is 21.8. The molecule has 9 heteroatoms. The van der Waals surface area contributed by atoms with Crippen molar-refractivity contribution in [1.82, 2.24) is 14.8 Å². The maximum atomic E-state index is 14.0. The number of nitrogen functional groups attached to an aromatic ring is 1. The van der Waals surface area contributed by atoms with Crippen LogP contribution in [0.5, 0.6) is 0 Å². The monoisotopic (exact) mass is 497 g/mol. The molecule has 0 aliphatic rings. The first-order chi connectivity index (χ1) is 15.0. The van der Waals surface area contributed by atoms with Crippen LogP contribution in [-0.2, 0) is 4.79 Å². The summed E-state index contributed by atoms with van der Waals surface area (Å²) in [6, 6.07) is 21.4. The van der Waals surface area contributed by atoms with Gasteiger partial charge in [-0.15, -0.1) is 10.2 Å². The fraction of sp³-hybridized carbons (Fsp3) is 0.0455. The topological polar surface area (TPSA) is 85.8 Å². The van der Waals surface area contributed by atoms with Crippen LogP contribution in [0.3, 0.4) is 0 Å². The maximum Gasteiger partial charge on any atom is 0.234 e. The highest BCUT2D eigenvalue weighted by Crippen LogP contribution is 2.28. The lowest BCUT2D eigenvalue weighted by Crippen LogP contribution is -2.15. The molecule has 3 aromatic carbocycles. The molecule has 0 spiro atoms. The minimum Gasteiger partial charge on any atom is -0.399 e. The van der Waals surface area contributed by atoms with E-state index in [1.807, 2.05) is 47.0 Å². The van der Waals surface area contributed by atoms with Crippen molar-refractivity contribution in [2.24, 2.45) is 0 Å². The Balaban J connectivity index is 1.58. The van der Waals surface area contributed by atoms with Crippen LogP contribution in [0, 0.1) is 5.82 Å². The predicted octanol–water partition coefficient (Wildman–Crippen LogP) is 5.15. The highest BCUT2D eigenvalue weighted by atomic mass is 79.9. The highest BCUT2D eigenvalue weighted by Gasteiger charge is 2.17. The van der Waals surface area contributed by atoms with Crippen LogP contribution < -0.4 is 11.1 Å². The molecule has 0 atom stereocenters. The fourth-order valence-corrected chi connectivity index (χ4v) is 3.98. The number of hydrogen-bond acceptors (Lipinski definition) is 5. The number of nitrogens with two attached hydrogens (primary N) is 1. The molecule has 6 nitrogen and oxygen atoms in total. The zero-order valence-electron chi connectivity index (χ0n) is 16.1. The number of nitrogens with one attached hydrogen (secondary N) is 1. The summed E-state index contributed by atoms with van der Waals surface area (Å²) in [6.07, 6.45) is 0. The third kappa shape index (κ3) is 4.95. The Hall–Kier alpha value is -3.17. The molecular weight excluding hydrogens is 481 g/mol. The zero-order valence-corrected chi connectivity index (χ0v) is 18.5. The number of amides is 1. The lowest BCUT2D eigenvalue weighted by Gasteiger charge is -2.11. The molecule has 31 heavy (non-hydrogen) atoms. The van der Waals surface area contributed by atoms with Crippen LogP contribution in [0.15, 0.2) is 82.4 Å². The second-order valence-corrected chi connectivity index (χ2v) is 8.42. The standard InChI is InChI=1S/C22H17BrFN5OS/c23-15-8-11-19(18(24)12-15)26-20(30)13-31-22-28-27-21(14-6-9-16(25)10-7-14)29(22)17-4-2-1-3-5-17/h1-12H,13,25H2,(H,26,30). The number of carbonyl (C=O) groups excluding carboxylic acids is 1. The first-order valence-corrected chi connectivity index (χ1v) is 11.0. The molecule has 0 aliphatic heterocycles. The average molecular weight is 498 g/mol. The van der Waals surface area contributed by atoms with E-state index in [1.54, 1.807) is 18.2 Å². The quantitative estimate of drug-likeness (QED) is 0.284. The SMILES string of the molecule is Nc1ccc(-c2nnc(SCC(=O)Nc3ccc(Br)cc3F)n2-c2ccccc2)cc1. The van der Waals surface area contributed by atoms with Gasteiger partial charge in [0.1, 0.15) is 5.82 Å². The Morgan fingerprint density at radius 1 is 1.06 bits per heavy atom. The number of aromatic nitrogens is 3. The summed E-state index contributed by atoms with van der Waals surface area (Å²) in [5, 5.41) is 11.7. The van der Waals surface area contributed by atoms with Crippen molar-refractivity contribution < 1.29 is 9.18 Å². The first kappa shape index (κ1) is 21.1. The normalized spacial score (nSPS) is 10.8. The third-order valence-electron chi connectivity index (χ3n) is 4.35. The summed E-state index contributed by atoms with van der Waals surface area (Å²) in [7, 11) is 0. The van der Waals surface area contributed by atoms with E-state index >= 15 is 0 Å². The number of halogens is 2. The Morgan fingerprint density at radius 2 is 1.81 bits per heavy atom. The van der Waals surface area contributed by atoms with E-state index in [2.05, 4.69) is 31.4 Å². The van der Waals surface area contributed by atoms with Gasteiger partial charge in [-0.1, -0.05) is 45.9 Å². The van der Waals surface area contributed by atoms with E-state index in [1.165, 1.54) is 23.9 Å². The molecule has 0 radical (unpaired) electrons. The van der Waals surface area contributed by atoms with E-state index in [0.717, 1.165) is 11.3 Å². The largest absolute Gasteiger partial charge is 0.399 e. The van der Waals surface area contributed by atoms with Crippen molar-refractivity contribution in [1.29, 1.82) is 0 Å². The van der Waals surface area contributed by atoms with E-state index in [-0.39, 0.29) is 17.3 Å². The average Bonchev–Trinajstić information content (AvgIpc) is 3.19. The molecule has 4 aromatic rings. The number of para-hydroxylation sites is 1. The molecule has 1 heterocycles. The van der Waals surface area contributed by atoms with Gasteiger partial charge >= 0.3 is 0 Å². The van der Waals surface area contributed by atoms with Crippen LogP contribution in [0.4, 0.5) is 15.8 Å². The molecule has 0 saturated carbocycles. The molecule has 1 aromatic heterocycles. The van der Waals surface area contributed by atoms with Crippen LogP contribution >= 0.6 is 27.7 Å². The highest BCUT2D eigenvalue weighted by molar-refractivity contribution is 9.10. The van der Waals surface area contributed by atoms with Gasteiger partial charge < -0.3 is 11.1 Å². The maximum absolute atomic E-state index is 14.0. The summed E-state index contributed by atoms with van der Waals surface area (Å²) < 4.78 is 16.5. The molecular formula is C22H17BrFN5OS. The Kier molecular flexibility index (Phi) is 6.34. The van der Waals surface area contributed by atoms with Gasteiger partial charge in [-0.05, 0) is 54.6 Å². The molecule has 0 unspecified atom stereocenters. The van der Waals surface area contributed by atoms with E-state index < -0.39 is 5.82 Å². The number of hydrogen-bond donors (Lipinski definition) is 2. The Morgan fingerprint density at radius 3 is 2.52 bits per heavy atom. The van der Waals surface area contributed by atoms with Gasteiger partial charge in [0.15, 0.2) is 11.0 Å². The number of rotatable bonds is 6. The van der Waals surface area contributed by atoms with Gasteiger partial charge in [-0.25, -0.2) is 4.39 Å². The lowest BCUT2D eigenvalue weighted by molar-refractivity contribution is -0.113.